The zero-order valence-electron chi connectivity index (χ0n) is 17.2. The van der Waals surface area contributed by atoms with Crippen LogP contribution in [0.4, 0.5) is 0 Å². The van der Waals surface area contributed by atoms with E-state index in [-0.39, 0.29) is 24.3 Å². The van der Waals surface area contributed by atoms with Gasteiger partial charge < -0.3 is 21.1 Å². The molecule has 0 aliphatic heterocycles. The molecule has 0 unspecified atom stereocenters. The minimum absolute atomic E-state index is 0.170. The van der Waals surface area contributed by atoms with E-state index in [1.54, 1.807) is 6.07 Å². The minimum Gasteiger partial charge on any atom is -0.480 e. The fourth-order valence-corrected chi connectivity index (χ4v) is 3.46. The van der Waals surface area contributed by atoms with Gasteiger partial charge in [0.15, 0.2) is 0 Å². The first-order chi connectivity index (χ1) is 15.4. The van der Waals surface area contributed by atoms with Crippen LogP contribution in [0.1, 0.15) is 45.9 Å². The first kappa shape index (κ1) is 22.5. The third-order valence-corrected chi connectivity index (χ3v) is 5.04. The average Bonchev–Trinajstić information content (AvgIpc) is 2.78. The van der Waals surface area contributed by atoms with E-state index in [0.717, 1.165) is 11.1 Å². The Kier molecular flexibility index (Phi) is 7.17. The zero-order chi connectivity index (χ0) is 23.1. The number of carboxylic acid groups (broad SMARTS) is 1. The maximum atomic E-state index is 12.7. The van der Waals surface area contributed by atoms with Crippen molar-refractivity contribution in [3.8, 4) is 0 Å². The highest BCUT2D eigenvalue weighted by atomic mass is 16.4. The first-order valence-corrected chi connectivity index (χ1v) is 10.0. The molecule has 0 bridgehead atoms. The van der Waals surface area contributed by atoms with Crippen molar-refractivity contribution >= 4 is 17.8 Å². The summed E-state index contributed by atoms with van der Waals surface area (Å²) in [7, 11) is 0. The van der Waals surface area contributed by atoms with Crippen molar-refractivity contribution in [3.05, 3.63) is 106 Å². The Balaban J connectivity index is 1.90. The first-order valence-electron chi connectivity index (χ1n) is 10.0. The number of aliphatic carboxylic acids is 1. The molecular weight excluding hydrogens is 410 g/mol. The standard InChI is InChI=1S/C24H23N3O5/c25-20(28)14-13-19(24(31)32)27-23(30)17-11-12-18(26-22(17)29)21(15-7-3-1-4-8-15)16-9-5-2-6-10-16/h1-12,19,21H,13-14H2,(H2,25,28)(H,26,29)(H,27,30)(H,31,32)/t19-/m0/s1. The van der Waals surface area contributed by atoms with Crippen LogP contribution in [0.5, 0.6) is 0 Å². The predicted molar refractivity (Wildman–Crippen MR) is 118 cm³/mol. The van der Waals surface area contributed by atoms with Gasteiger partial charge in [-0.1, -0.05) is 60.7 Å². The molecule has 3 rings (SSSR count). The Labute approximate surface area is 184 Å². The zero-order valence-corrected chi connectivity index (χ0v) is 17.2. The number of amides is 2. The summed E-state index contributed by atoms with van der Waals surface area (Å²) >= 11 is 0. The molecule has 0 saturated heterocycles. The molecule has 0 saturated carbocycles. The molecule has 2 aromatic carbocycles. The van der Waals surface area contributed by atoms with Gasteiger partial charge >= 0.3 is 5.97 Å². The highest BCUT2D eigenvalue weighted by Crippen LogP contribution is 2.30. The van der Waals surface area contributed by atoms with E-state index in [1.165, 1.54) is 6.07 Å². The third-order valence-electron chi connectivity index (χ3n) is 5.04. The Morgan fingerprint density at radius 2 is 1.47 bits per heavy atom. The van der Waals surface area contributed by atoms with Crippen LogP contribution >= 0.6 is 0 Å². The molecule has 5 N–H and O–H groups in total. The fraction of sp³-hybridized carbons (Fsp3) is 0.167. The number of benzene rings is 2. The maximum Gasteiger partial charge on any atom is 0.326 e. The Morgan fingerprint density at radius 1 is 0.906 bits per heavy atom. The maximum absolute atomic E-state index is 12.7. The summed E-state index contributed by atoms with van der Waals surface area (Å²) in [6.07, 6.45) is -0.376. The molecule has 0 aliphatic rings. The number of rotatable bonds is 9. The number of pyridine rings is 1. The highest BCUT2D eigenvalue weighted by molar-refractivity contribution is 5.96. The summed E-state index contributed by atoms with van der Waals surface area (Å²) in [4.78, 5) is 50.3. The van der Waals surface area contributed by atoms with Crippen LogP contribution in [-0.2, 0) is 9.59 Å². The lowest BCUT2D eigenvalue weighted by molar-refractivity contribution is -0.139. The Hall–Kier alpha value is -4.20. The Bertz CT molecular complexity index is 1120. The lowest BCUT2D eigenvalue weighted by Crippen LogP contribution is -2.43. The number of aromatic amines is 1. The molecule has 32 heavy (non-hydrogen) atoms. The van der Waals surface area contributed by atoms with Crippen LogP contribution in [0.25, 0.3) is 0 Å². The topological polar surface area (TPSA) is 142 Å². The molecule has 0 spiro atoms. The average molecular weight is 433 g/mol. The summed E-state index contributed by atoms with van der Waals surface area (Å²) in [5, 5.41) is 11.5. The van der Waals surface area contributed by atoms with Crippen molar-refractivity contribution < 1.29 is 19.5 Å². The quantitative estimate of drug-likeness (QED) is 0.408. The van der Waals surface area contributed by atoms with Gasteiger partial charge in [0.05, 0.1) is 0 Å². The number of H-pyrrole nitrogens is 1. The molecule has 0 fully saturated rings. The van der Waals surface area contributed by atoms with Crippen molar-refractivity contribution in [2.45, 2.75) is 24.8 Å². The van der Waals surface area contributed by atoms with Gasteiger partial charge in [-0.25, -0.2) is 4.79 Å². The summed E-state index contributed by atoms with van der Waals surface area (Å²) in [5.41, 5.74) is 6.70. The molecule has 1 atom stereocenters. The highest BCUT2D eigenvalue weighted by Gasteiger charge is 2.24. The van der Waals surface area contributed by atoms with Gasteiger partial charge in [-0.3, -0.25) is 14.4 Å². The normalized spacial score (nSPS) is 11.7. The number of nitrogens with two attached hydrogens (primary N) is 1. The summed E-state index contributed by atoms with van der Waals surface area (Å²) < 4.78 is 0. The number of hydrogen-bond acceptors (Lipinski definition) is 4. The van der Waals surface area contributed by atoms with Gasteiger partial charge in [-0.2, -0.15) is 0 Å². The molecule has 1 aromatic heterocycles. The largest absolute Gasteiger partial charge is 0.480 e. The van der Waals surface area contributed by atoms with E-state index >= 15 is 0 Å². The summed E-state index contributed by atoms with van der Waals surface area (Å²) in [6.45, 7) is 0. The van der Waals surface area contributed by atoms with Gasteiger partial charge in [-0.15, -0.1) is 0 Å². The van der Waals surface area contributed by atoms with Gasteiger partial charge in [0.25, 0.3) is 11.5 Å². The van der Waals surface area contributed by atoms with Crippen LogP contribution in [0.3, 0.4) is 0 Å². The monoisotopic (exact) mass is 433 g/mol. The second-order valence-electron chi connectivity index (χ2n) is 7.28. The smallest absolute Gasteiger partial charge is 0.326 e. The van der Waals surface area contributed by atoms with Gasteiger partial charge in [0.1, 0.15) is 11.6 Å². The van der Waals surface area contributed by atoms with E-state index in [1.807, 2.05) is 60.7 Å². The molecule has 3 aromatic rings. The number of nitrogens with one attached hydrogen (secondary N) is 2. The Morgan fingerprint density at radius 3 is 1.94 bits per heavy atom. The van der Waals surface area contributed by atoms with E-state index in [9.17, 15) is 24.3 Å². The molecule has 2 amide bonds. The number of carboxylic acids is 1. The molecular formula is C24H23N3O5. The second-order valence-corrected chi connectivity index (χ2v) is 7.28. The number of aromatic nitrogens is 1. The van der Waals surface area contributed by atoms with E-state index in [2.05, 4.69) is 10.3 Å². The molecule has 164 valence electrons. The molecule has 0 aliphatic carbocycles. The summed E-state index contributed by atoms with van der Waals surface area (Å²) in [5.74, 6) is -3.10. The van der Waals surface area contributed by atoms with Crippen molar-refractivity contribution in [2.24, 2.45) is 5.73 Å². The van der Waals surface area contributed by atoms with Crippen molar-refractivity contribution in [1.82, 2.24) is 10.3 Å². The number of primary amides is 1. The van der Waals surface area contributed by atoms with Crippen LogP contribution in [0.15, 0.2) is 77.6 Å². The molecule has 1 heterocycles. The van der Waals surface area contributed by atoms with Crippen molar-refractivity contribution in [2.75, 3.05) is 0 Å². The van der Waals surface area contributed by atoms with Crippen LogP contribution < -0.4 is 16.6 Å². The van der Waals surface area contributed by atoms with E-state index < -0.39 is 29.4 Å². The SMILES string of the molecule is NC(=O)CC[C@H](NC(=O)c1ccc(C(c2ccccc2)c2ccccc2)[nH]c1=O)C(=O)O. The number of hydrogen-bond donors (Lipinski definition) is 4. The van der Waals surface area contributed by atoms with Crippen molar-refractivity contribution in [1.29, 1.82) is 0 Å². The number of carbonyl (C=O) groups excluding carboxylic acids is 2. The van der Waals surface area contributed by atoms with Crippen LogP contribution in [0.2, 0.25) is 0 Å². The lowest BCUT2D eigenvalue weighted by Gasteiger charge is -2.19. The van der Waals surface area contributed by atoms with Gasteiger partial charge in [0.2, 0.25) is 5.91 Å². The van der Waals surface area contributed by atoms with Crippen LogP contribution in [-0.4, -0.2) is 33.9 Å². The number of carbonyl (C=O) groups is 3. The predicted octanol–water partition coefficient (Wildman–Crippen LogP) is 2.00. The summed E-state index contributed by atoms with van der Waals surface area (Å²) in [6, 6.07) is 20.9. The second kappa shape index (κ2) is 10.2. The van der Waals surface area contributed by atoms with Crippen LogP contribution in [0, 0.1) is 0 Å². The third kappa shape index (κ3) is 5.48. The van der Waals surface area contributed by atoms with E-state index in [0.29, 0.717) is 5.69 Å². The lowest BCUT2D eigenvalue weighted by atomic mass is 9.88. The molecule has 8 heteroatoms. The fourth-order valence-electron chi connectivity index (χ4n) is 3.46. The van der Waals surface area contributed by atoms with E-state index in [4.69, 9.17) is 5.73 Å². The van der Waals surface area contributed by atoms with Crippen molar-refractivity contribution in [3.63, 3.8) is 0 Å². The van der Waals surface area contributed by atoms with Gasteiger partial charge in [-0.05, 0) is 29.7 Å². The van der Waals surface area contributed by atoms with Gasteiger partial charge in [0, 0.05) is 18.0 Å². The molecule has 0 radical (unpaired) electrons. The molecule has 8 nitrogen and oxygen atoms in total. The minimum atomic E-state index is -1.34.